The summed E-state index contributed by atoms with van der Waals surface area (Å²) in [5.74, 6) is 0.598. The number of aliphatic hydroxyl groups is 1. The van der Waals surface area contributed by atoms with E-state index >= 15 is 0 Å². The van der Waals surface area contributed by atoms with E-state index < -0.39 is 5.60 Å². The molecule has 5 nitrogen and oxygen atoms in total. The van der Waals surface area contributed by atoms with Gasteiger partial charge in [0.1, 0.15) is 0 Å². The van der Waals surface area contributed by atoms with Gasteiger partial charge in [-0.3, -0.25) is 9.69 Å². The Bertz CT molecular complexity index is 880. The second-order valence-electron chi connectivity index (χ2n) is 9.08. The summed E-state index contributed by atoms with van der Waals surface area (Å²) in [5.41, 5.74) is 3.84. The number of carbonyl (C=O) groups is 1. The number of carbonyl (C=O) groups excluding carboxylic acids is 1. The van der Waals surface area contributed by atoms with Crippen molar-refractivity contribution < 1.29 is 14.6 Å². The van der Waals surface area contributed by atoms with E-state index in [2.05, 4.69) is 35.0 Å². The molecule has 5 heteroatoms. The first kappa shape index (κ1) is 19.5. The van der Waals surface area contributed by atoms with Crippen LogP contribution in [0.1, 0.15) is 63.3 Å². The van der Waals surface area contributed by atoms with E-state index in [0.717, 1.165) is 43.6 Å². The number of nitrogens with one attached hydrogen (secondary N) is 1. The van der Waals surface area contributed by atoms with Crippen molar-refractivity contribution in [3.63, 3.8) is 0 Å². The van der Waals surface area contributed by atoms with E-state index in [1.54, 1.807) is 0 Å². The molecule has 2 aliphatic rings. The van der Waals surface area contributed by atoms with Crippen molar-refractivity contribution >= 4 is 16.9 Å². The second-order valence-corrected chi connectivity index (χ2v) is 9.08. The van der Waals surface area contributed by atoms with Crippen LogP contribution in [-0.4, -0.2) is 46.7 Å². The molecule has 0 amide bonds. The average molecular weight is 385 g/mol. The molecule has 1 fully saturated rings. The third-order valence-electron chi connectivity index (χ3n) is 6.43. The summed E-state index contributed by atoms with van der Waals surface area (Å²) in [4.78, 5) is 17.4. The summed E-state index contributed by atoms with van der Waals surface area (Å²) in [6.45, 7) is 9.95. The lowest BCUT2D eigenvalue weighted by Gasteiger charge is -2.47. The standard InChI is InChI=1S/C23H32N2O3/c1-5-9-25-12-15(13-28-14(2)26)10-17-16-7-6-8-19-21(16)18(11-20(17)25)22(24-19)23(3,4)27/h6-8,15,17,20,24,27H,5,9-13H2,1-4H3/t15-,17-,20-/m1/s1. The molecule has 1 aliphatic heterocycles. The molecule has 4 rings (SSSR count). The van der Waals surface area contributed by atoms with Crippen LogP contribution in [0.3, 0.4) is 0 Å². The topological polar surface area (TPSA) is 65.6 Å². The summed E-state index contributed by atoms with van der Waals surface area (Å²) in [6, 6.07) is 6.92. The Morgan fingerprint density at radius 2 is 2.18 bits per heavy atom. The van der Waals surface area contributed by atoms with Gasteiger partial charge >= 0.3 is 5.97 Å². The zero-order valence-corrected chi connectivity index (χ0v) is 17.4. The van der Waals surface area contributed by atoms with Gasteiger partial charge in [-0.1, -0.05) is 19.1 Å². The van der Waals surface area contributed by atoms with Crippen LogP contribution in [0.5, 0.6) is 0 Å². The molecule has 1 aromatic carbocycles. The Morgan fingerprint density at radius 1 is 1.39 bits per heavy atom. The molecule has 3 atom stereocenters. The number of piperidine rings is 1. The molecule has 28 heavy (non-hydrogen) atoms. The normalized spacial score (nSPS) is 25.0. The van der Waals surface area contributed by atoms with E-state index in [9.17, 15) is 9.90 Å². The van der Waals surface area contributed by atoms with Crippen molar-refractivity contribution in [1.29, 1.82) is 0 Å². The third kappa shape index (κ3) is 3.35. The number of fused-ring (bicyclic) bond motifs is 2. The number of likely N-dealkylation sites (tertiary alicyclic amines) is 1. The number of aromatic amines is 1. The molecule has 0 unspecified atom stereocenters. The Labute approximate surface area is 167 Å². The van der Waals surface area contributed by atoms with Gasteiger partial charge in [-0.25, -0.2) is 0 Å². The molecule has 2 N–H and O–H groups in total. The number of hydrogen-bond donors (Lipinski definition) is 2. The van der Waals surface area contributed by atoms with Gasteiger partial charge in [0.2, 0.25) is 0 Å². The summed E-state index contributed by atoms with van der Waals surface area (Å²) in [6.07, 6.45) is 3.10. The zero-order chi connectivity index (χ0) is 20.1. The fourth-order valence-electron chi connectivity index (χ4n) is 5.41. The zero-order valence-electron chi connectivity index (χ0n) is 17.4. The molecular formula is C23H32N2O3. The van der Waals surface area contributed by atoms with Gasteiger partial charge in [0.05, 0.1) is 17.9 Å². The molecule has 0 spiro atoms. The average Bonchev–Trinajstić information content (AvgIpc) is 3.01. The molecule has 1 aliphatic carbocycles. The SMILES string of the molecule is CCCN1C[C@H](COC(C)=O)C[C@@H]2c3cccc4[nH]c(C(C)(C)O)c(c34)C[C@H]21. The maximum absolute atomic E-state index is 11.3. The van der Waals surface area contributed by atoms with Gasteiger partial charge in [0.15, 0.2) is 0 Å². The first-order chi connectivity index (χ1) is 13.3. The summed E-state index contributed by atoms with van der Waals surface area (Å²) < 4.78 is 5.37. The first-order valence-electron chi connectivity index (χ1n) is 10.5. The van der Waals surface area contributed by atoms with Crippen molar-refractivity contribution in [2.75, 3.05) is 19.7 Å². The van der Waals surface area contributed by atoms with Crippen molar-refractivity contribution in [3.8, 4) is 0 Å². The molecule has 1 aromatic heterocycles. The monoisotopic (exact) mass is 384 g/mol. The van der Waals surface area contributed by atoms with E-state index in [1.165, 1.54) is 23.4 Å². The molecule has 2 aromatic rings. The summed E-state index contributed by atoms with van der Waals surface area (Å²) >= 11 is 0. The fraction of sp³-hybridized carbons (Fsp3) is 0.609. The maximum Gasteiger partial charge on any atom is 0.302 e. The lowest BCUT2D eigenvalue weighted by molar-refractivity contribution is -0.143. The van der Waals surface area contributed by atoms with Gasteiger partial charge in [-0.05, 0) is 56.8 Å². The van der Waals surface area contributed by atoms with Crippen molar-refractivity contribution in [2.24, 2.45) is 5.92 Å². The van der Waals surface area contributed by atoms with E-state index in [-0.39, 0.29) is 5.97 Å². The van der Waals surface area contributed by atoms with Crippen LogP contribution >= 0.6 is 0 Å². The smallest absolute Gasteiger partial charge is 0.302 e. The van der Waals surface area contributed by atoms with E-state index in [1.807, 2.05) is 13.8 Å². The minimum Gasteiger partial charge on any atom is -0.466 e. The van der Waals surface area contributed by atoms with Gasteiger partial charge in [-0.15, -0.1) is 0 Å². The molecule has 0 saturated carbocycles. The molecule has 0 radical (unpaired) electrons. The highest BCUT2D eigenvalue weighted by Gasteiger charge is 2.42. The minimum absolute atomic E-state index is 0.197. The van der Waals surface area contributed by atoms with Crippen LogP contribution in [0.2, 0.25) is 0 Å². The first-order valence-corrected chi connectivity index (χ1v) is 10.5. The number of rotatable bonds is 5. The van der Waals surface area contributed by atoms with Crippen molar-refractivity contribution in [1.82, 2.24) is 9.88 Å². The predicted octanol–water partition coefficient (Wildman–Crippen LogP) is 3.70. The molecule has 0 bridgehead atoms. The maximum atomic E-state index is 11.3. The van der Waals surface area contributed by atoms with Crippen LogP contribution in [0.15, 0.2) is 18.2 Å². The van der Waals surface area contributed by atoms with Crippen molar-refractivity contribution in [2.45, 2.75) is 64.5 Å². The van der Waals surface area contributed by atoms with Crippen LogP contribution < -0.4 is 0 Å². The molecule has 152 valence electrons. The van der Waals surface area contributed by atoms with Gasteiger partial charge in [0, 0.05) is 42.2 Å². The summed E-state index contributed by atoms with van der Waals surface area (Å²) in [5, 5.41) is 12.0. The Hall–Kier alpha value is -1.85. The minimum atomic E-state index is -0.888. The lowest BCUT2D eigenvalue weighted by atomic mass is 9.71. The van der Waals surface area contributed by atoms with Gasteiger partial charge in [0.25, 0.3) is 0 Å². The third-order valence-corrected chi connectivity index (χ3v) is 6.43. The Kier molecular flexibility index (Phi) is 5.00. The van der Waals surface area contributed by atoms with Gasteiger partial charge < -0.3 is 14.8 Å². The van der Waals surface area contributed by atoms with Gasteiger partial charge in [-0.2, -0.15) is 0 Å². The van der Waals surface area contributed by atoms with Crippen LogP contribution in [0, 0.1) is 5.92 Å². The number of ether oxygens (including phenoxy) is 1. The Morgan fingerprint density at radius 3 is 2.86 bits per heavy atom. The number of hydrogen-bond acceptors (Lipinski definition) is 4. The number of H-pyrrole nitrogens is 1. The quantitative estimate of drug-likeness (QED) is 0.772. The lowest BCUT2D eigenvalue weighted by Crippen LogP contribution is -2.51. The molecule has 1 saturated heterocycles. The second kappa shape index (κ2) is 7.20. The molecular weight excluding hydrogens is 352 g/mol. The van der Waals surface area contributed by atoms with Crippen molar-refractivity contribution in [3.05, 3.63) is 35.0 Å². The van der Waals surface area contributed by atoms with Crippen LogP contribution in [0.4, 0.5) is 0 Å². The van der Waals surface area contributed by atoms with E-state index in [4.69, 9.17) is 4.74 Å². The van der Waals surface area contributed by atoms with Crippen LogP contribution in [-0.2, 0) is 21.6 Å². The number of esters is 1. The van der Waals surface area contributed by atoms with E-state index in [0.29, 0.717) is 24.5 Å². The largest absolute Gasteiger partial charge is 0.466 e. The summed E-state index contributed by atoms with van der Waals surface area (Å²) in [7, 11) is 0. The number of nitrogens with zero attached hydrogens (tertiary/aromatic N) is 1. The fourth-order valence-corrected chi connectivity index (χ4v) is 5.41. The molecule has 2 heterocycles. The predicted molar refractivity (Wildman–Crippen MR) is 110 cm³/mol. The number of aromatic nitrogens is 1. The highest BCUT2D eigenvalue weighted by atomic mass is 16.5. The Balaban J connectivity index is 1.77. The number of benzene rings is 1. The highest BCUT2D eigenvalue weighted by molar-refractivity contribution is 5.90. The van der Waals surface area contributed by atoms with Crippen LogP contribution in [0.25, 0.3) is 10.9 Å². The highest BCUT2D eigenvalue weighted by Crippen LogP contribution is 2.47.